The molecule has 0 saturated carbocycles. The van der Waals surface area contributed by atoms with E-state index in [1.165, 1.54) is 28.7 Å². The summed E-state index contributed by atoms with van der Waals surface area (Å²) >= 11 is 0. The normalized spacial score (nSPS) is 10.4. The number of rotatable bonds is 5. The molecule has 1 amide bonds. The van der Waals surface area contributed by atoms with Gasteiger partial charge in [-0.2, -0.15) is 0 Å². The van der Waals surface area contributed by atoms with E-state index in [9.17, 15) is 9.18 Å². The van der Waals surface area contributed by atoms with E-state index in [4.69, 9.17) is 5.73 Å². The predicted octanol–water partition coefficient (Wildman–Crippen LogP) is 3.11. The minimum absolute atomic E-state index is 0.0615. The van der Waals surface area contributed by atoms with Crippen LogP contribution < -0.4 is 5.73 Å². The molecule has 0 aliphatic carbocycles. The van der Waals surface area contributed by atoms with E-state index in [0.717, 1.165) is 12.8 Å². The van der Waals surface area contributed by atoms with Gasteiger partial charge in [0.2, 0.25) is 0 Å². The van der Waals surface area contributed by atoms with Crippen molar-refractivity contribution in [2.24, 2.45) is 0 Å². The molecule has 0 spiro atoms. The van der Waals surface area contributed by atoms with Crippen LogP contribution in [0, 0.1) is 5.82 Å². The number of aryl methyl sites for hydroxylation is 1. The molecule has 0 aromatic heterocycles. The van der Waals surface area contributed by atoms with Crippen molar-refractivity contribution < 1.29 is 9.18 Å². The zero-order valence-electron chi connectivity index (χ0n) is 12.1. The van der Waals surface area contributed by atoms with Crippen molar-refractivity contribution in [3.8, 4) is 0 Å². The summed E-state index contributed by atoms with van der Waals surface area (Å²) in [5, 5.41) is 0. The van der Waals surface area contributed by atoms with Gasteiger partial charge in [0, 0.05) is 19.3 Å². The number of halogens is 1. The molecule has 3 nitrogen and oxygen atoms in total. The maximum absolute atomic E-state index is 13.7. The molecule has 0 radical (unpaired) electrons. The molecule has 0 unspecified atom stereocenters. The van der Waals surface area contributed by atoms with Crippen LogP contribution in [-0.4, -0.2) is 24.4 Å². The third kappa shape index (κ3) is 4.05. The second-order valence-electron chi connectivity index (χ2n) is 5.06. The molecule has 0 heterocycles. The zero-order valence-corrected chi connectivity index (χ0v) is 12.1. The van der Waals surface area contributed by atoms with Crippen LogP contribution in [0.2, 0.25) is 0 Å². The van der Waals surface area contributed by atoms with Gasteiger partial charge < -0.3 is 10.6 Å². The summed E-state index contributed by atoms with van der Waals surface area (Å²) in [7, 11) is 1.68. The van der Waals surface area contributed by atoms with E-state index in [1.807, 2.05) is 18.2 Å². The molecule has 4 heteroatoms. The van der Waals surface area contributed by atoms with E-state index in [0.29, 0.717) is 12.2 Å². The average molecular weight is 286 g/mol. The maximum Gasteiger partial charge on any atom is 0.256 e. The zero-order chi connectivity index (χ0) is 15.2. The van der Waals surface area contributed by atoms with E-state index < -0.39 is 5.82 Å². The van der Waals surface area contributed by atoms with Crippen LogP contribution in [0.3, 0.4) is 0 Å². The molecular weight excluding hydrogens is 267 g/mol. The molecule has 0 fully saturated rings. The lowest BCUT2D eigenvalue weighted by Gasteiger charge is -2.17. The molecule has 0 bridgehead atoms. The highest BCUT2D eigenvalue weighted by molar-refractivity contribution is 5.94. The second kappa shape index (κ2) is 6.88. The van der Waals surface area contributed by atoms with Crippen LogP contribution in [0.4, 0.5) is 10.1 Å². The van der Waals surface area contributed by atoms with Crippen molar-refractivity contribution in [1.29, 1.82) is 0 Å². The summed E-state index contributed by atoms with van der Waals surface area (Å²) in [4.78, 5) is 13.7. The number of hydrogen-bond donors (Lipinski definition) is 1. The van der Waals surface area contributed by atoms with Gasteiger partial charge in [-0.1, -0.05) is 30.3 Å². The average Bonchev–Trinajstić information content (AvgIpc) is 2.47. The summed E-state index contributed by atoms with van der Waals surface area (Å²) in [6, 6.07) is 14.2. The van der Waals surface area contributed by atoms with Crippen molar-refractivity contribution in [2.75, 3.05) is 19.3 Å². The summed E-state index contributed by atoms with van der Waals surface area (Å²) in [5.41, 5.74) is 7.09. The fourth-order valence-electron chi connectivity index (χ4n) is 2.18. The topological polar surface area (TPSA) is 46.3 Å². The first-order chi connectivity index (χ1) is 10.1. The van der Waals surface area contributed by atoms with Gasteiger partial charge in [0.25, 0.3) is 5.91 Å². The van der Waals surface area contributed by atoms with Crippen LogP contribution in [0.15, 0.2) is 48.5 Å². The fraction of sp³-hybridized carbons (Fsp3) is 0.235. The Hall–Kier alpha value is -2.36. The van der Waals surface area contributed by atoms with Crippen molar-refractivity contribution in [3.63, 3.8) is 0 Å². The lowest BCUT2D eigenvalue weighted by Crippen LogP contribution is -2.28. The fourth-order valence-corrected chi connectivity index (χ4v) is 2.18. The number of nitrogen functional groups attached to an aromatic ring is 1. The molecule has 2 aromatic rings. The van der Waals surface area contributed by atoms with E-state index in [-0.39, 0.29) is 11.5 Å². The Morgan fingerprint density at radius 3 is 2.57 bits per heavy atom. The molecule has 2 aromatic carbocycles. The molecule has 0 atom stereocenters. The van der Waals surface area contributed by atoms with Crippen LogP contribution >= 0.6 is 0 Å². The third-order valence-electron chi connectivity index (χ3n) is 3.37. The summed E-state index contributed by atoms with van der Waals surface area (Å²) in [5.74, 6) is -0.893. The predicted molar refractivity (Wildman–Crippen MR) is 82.5 cm³/mol. The number of carbonyl (C=O) groups excluding carboxylic acids is 1. The molecule has 110 valence electrons. The number of carbonyl (C=O) groups is 1. The summed E-state index contributed by atoms with van der Waals surface area (Å²) < 4.78 is 13.7. The van der Waals surface area contributed by atoms with Crippen LogP contribution in [0.5, 0.6) is 0 Å². The number of nitrogens with zero attached hydrogens (tertiary/aromatic N) is 1. The highest BCUT2D eigenvalue weighted by Crippen LogP contribution is 2.14. The number of nitrogens with two attached hydrogens (primary N) is 1. The van der Waals surface area contributed by atoms with Gasteiger partial charge >= 0.3 is 0 Å². The van der Waals surface area contributed by atoms with Gasteiger partial charge in [0.15, 0.2) is 0 Å². The number of hydrogen-bond acceptors (Lipinski definition) is 2. The SMILES string of the molecule is CN(CCCc1ccccc1)C(=O)c1ccc(N)cc1F. The molecule has 0 saturated heterocycles. The number of amides is 1. The Morgan fingerprint density at radius 1 is 1.19 bits per heavy atom. The summed E-state index contributed by atoms with van der Waals surface area (Å²) in [6.45, 7) is 0.581. The molecule has 0 aliphatic rings. The van der Waals surface area contributed by atoms with Gasteiger partial charge in [-0.15, -0.1) is 0 Å². The standard InChI is InChI=1S/C17H19FN2O/c1-20(11-5-8-13-6-3-2-4-7-13)17(21)15-10-9-14(19)12-16(15)18/h2-4,6-7,9-10,12H,5,8,11,19H2,1H3. The first-order valence-electron chi connectivity index (χ1n) is 6.92. The largest absolute Gasteiger partial charge is 0.399 e. The van der Waals surface area contributed by atoms with Crippen molar-refractivity contribution in [1.82, 2.24) is 4.90 Å². The minimum Gasteiger partial charge on any atom is -0.399 e. The van der Waals surface area contributed by atoms with Gasteiger partial charge in [0.1, 0.15) is 5.82 Å². The highest BCUT2D eigenvalue weighted by atomic mass is 19.1. The van der Waals surface area contributed by atoms with Gasteiger partial charge in [-0.3, -0.25) is 4.79 Å². The Bertz CT molecular complexity index is 613. The Balaban J connectivity index is 1.90. The van der Waals surface area contributed by atoms with E-state index >= 15 is 0 Å². The van der Waals surface area contributed by atoms with Crippen molar-refractivity contribution >= 4 is 11.6 Å². The second-order valence-corrected chi connectivity index (χ2v) is 5.06. The first kappa shape index (κ1) is 15.0. The quantitative estimate of drug-likeness (QED) is 0.858. The molecule has 21 heavy (non-hydrogen) atoms. The lowest BCUT2D eigenvalue weighted by molar-refractivity contribution is 0.0789. The van der Waals surface area contributed by atoms with E-state index in [1.54, 1.807) is 7.05 Å². The number of benzene rings is 2. The molecule has 0 aliphatic heterocycles. The minimum atomic E-state index is -0.574. The Labute approximate surface area is 124 Å². The van der Waals surface area contributed by atoms with Crippen LogP contribution in [0.25, 0.3) is 0 Å². The third-order valence-corrected chi connectivity index (χ3v) is 3.37. The summed E-state index contributed by atoms with van der Waals surface area (Å²) in [6.07, 6.45) is 1.73. The molecule has 2 N–H and O–H groups in total. The van der Waals surface area contributed by atoms with Crippen LogP contribution in [-0.2, 0) is 6.42 Å². The highest BCUT2D eigenvalue weighted by Gasteiger charge is 2.15. The maximum atomic E-state index is 13.7. The Morgan fingerprint density at radius 2 is 1.90 bits per heavy atom. The van der Waals surface area contributed by atoms with E-state index in [2.05, 4.69) is 12.1 Å². The van der Waals surface area contributed by atoms with Crippen molar-refractivity contribution in [2.45, 2.75) is 12.8 Å². The smallest absolute Gasteiger partial charge is 0.256 e. The molecular formula is C17H19FN2O. The number of anilines is 1. The lowest BCUT2D eigenvalue weighted by atomic mass is 10.1. The van der Waals surface area contributed by atoms with Gasteiger partial charge in [-0.25, -0.2) is 4.39 Å². The Kier molecular flexibility index (Phi) is 4.93. The first-order valence-corrected chi connectivity index (χ1v) is 6.92. The van der Waals surface area contributed by atoms with Gasteiger partial charge in [0.05, 0.1) is 5.56 Å². The monoisotopic (exact) mass is 286 g/mol. The van der Waals surface area contributed by atoms with Crippen LogP contribution in [0.1, 0.15) is 22.3 Å². The van der Waals surface area contributed by atoms with Crippen molar-refractivity contribution in [3.05, 3.63) is 65.5 Å². The molecule has 2 rings (SSSR count). The van der Waals surface area contributed by atoms with Gasteiger partial charge in [-0.05, 0) is 36.6 Å².